The number of ether oxygens (including phenoxy) is 1. The highest BCUT2D eigenvalue weighted by molar-refractivity contribution is 6.46. The smallest absolute Gasteiger partial charge is 0.282 e. The maximum absolute atomic E-state index is 13.5. The first-order valence-corrected chi connectivity index (χ1v) is 10.9. The summed E-state index contributed by atoms with van der Waals surface area (Å²) in [4.78, 5) is 28.0. The number of carbonyl (C=O) groups is 2. The summed E-state index contributed by atoms with van der Waals surface area (Å²) in [5, 5.41) is 3.11. The minimum atomic E-state index is -0.467. The molecule has 1 aliphatic heterocycles. The van der Waals surface area contributed by atoms with Crippen molar-refractivity contribution in [2.45, 2.75) is 33.3 Å². The molecule has 1 aliphatic rings. The van der Waals surface area contributed by atoms with Gasteiger partial charge < -0.3 is 10.1 Å². The van der Waals surface area contributed by atoms with Crippen LogP contribution in [0.15, 0.2) is 78.5 Å². The summed E-state index contributed by atoms with van der Waals surface area (Å²) in [6, 6.07) is 20.0. The number of hydrogen-bond donors (Lipinski definition) is 1. The number of nitrogens with one attached hydrogen (secondary N) is 1. The molecule has 1 heterocycles. The number of imide groups is 1. The van der Waals surface area contributed by atoms with Crippen LogP contribution in [-0.4, -0.2) is 17.9 Å². The molecule has 5 nitrogen and oxygen atoms in total. The summed E-state index contributed by atoms with van der Waals surface area (Å²) < 4.78 is 19.2. The van der Waals surface area contributed by atoms with Gasteiger partial charge in [-0.2, -0.15) is 0 Å². The molecular weight excluding hydrogens is 419 g/mol. The van der Waals surface area contributed by atoms with Crippen LogP contribution >= 0.6 is 0 Å². The monoisotopic (exact) mass is 444 g/mol. The van der Waals surface area contributed by atoms with E-state index >= 15 is 0 Å². The Hall–Kier alpha value is -3.93. The van der Waals surface area contributed by atoms with Gasteiger partial charge >= 0.3 is 0 Å². The molecule has 0 aromatic heterocycles. The van der Waals surface area contributed by atoms with Crippen LogP contribution in [0.2, 0.25) is 0 Å². The molecule has 0 spiro atoms. The van der Waals surface area contributed by atoms with Crippen molar-refractivity contribution in [3.05, 3.63) is 95.4 Å². The van der Waals surface area contributed by atoms with Gasteiger partial charge in [0.05, 0.1) is 17.4 Å². The van der Waals surface area contributed by atoms with E-state index < -0.39 is 17.6 Å². The minimum absolute atomic E-state index is 0.0401. The standard InChI is InChI=1S/C27H25FN2O3/c1-4-18-5-13-22(14-6-18)30-26(31)24(19-7-9-20(28)10-8-19)25(27(30)32)29-21-11-15-23(16-12-21)33-17(2)3/h5-17,29H,4H2,1-3H3. The number of benzene rings is 3. The van der Waals surface area contributed by atoms with Crippen molar-refractivity contribution in [3.63, 3.8) is 0 Å². The molecule has 0 bridgehead atoms. The molecular formula is C27H25FN2O3. The lowest BCUT2D eigenvalue weighted by Gasteiger charge is -2.16. The molecule has 3 aromatic rings. The van der Waals surface area contributed by atoms with E-state index in [4.69, 9.17) is 4.74 Å². The van der Waals surface area contributed by atoms with E-state index in [-0.39, 0.29) is 17.4 Å². The summed E-state index contributed by atoms with van der Waals surface area (Å²) in [6.45, 7) is 5.92. The Morgan fingerprint density at radius 2 is 1.52 bits per heavy atom. The van der Waals surface area contributed by atoms with Gasteiger partial charge in [0.15, 0.2) is 0 Å². The quantitative estimate of drug-likeness (QED) is 0.484. The normalized spacial score (nSPS) is 13.8. The second-order valence-electron chi connectivity index (χ2n) is 8.04. The Labute approximate surface area is 192 Å². The zero-order valence-electron chi connectivity index (χ0n) is 18.8. The van der Waals surface area contributed by atoms with E-state index in [0.29, 0.717) is 22.7 Å². The van der Waals surface area contributed by atoms with Gasteiger partial charge in [0.25, 0.3) is 11.8 Å². The molecule has 168 valence electrons. The second kappa shape index (κ2) is 9.28. The molecule has 0 radical (unpaired) electrons. The van der Waals surface area contributed by atoms with Gasteiger partial charge in [0.1, 0.15) is 17.3 Å². The van der Waals surface area contributed by atoms with Crippen molar-refractivity contribution in [3.8, 4) is 5.75 Å². The van der Waals surface area contributed by atoms with Crippen molar-refractivity contribution >= 4 is 28.8 Å². The Morgan fingerprint density at radius 1 is 0.879 bits per heavy atom. The van der Waals surface area contributed by atoms with E-state index in [1.54, 1.807) is 36.4 Å². The van der Waals surface area contributed by atoms with Gasteiger partial charge in [-0.05, 0) is 79.9 Å². The molecule has 0 fully saturated rings. The molecule has 0 aliphatic carbocycles. The van der Waals surface area contributed by atoms with Gasteiger partial charge in [-0.25, -0.2) is 9.29 Å². The average molecular weight is 445 g/mol. The maximum atomic E-state index is 13.5. The second-order valence-corrected chi connectivity index (χ2v) is 8.04. The molecule has 33 heavy (non-hydrogen) atoms. The lowest BCUT2D eigenvalue weighted by Crippen LogP contribution is -2.32. The fraction of sp³-hybridized carbons (Fsp3) is 0.185. The highest BCUT2D eigenvalue weighted by Gasteiger charge is 2.40. The fourth-order valence-electron chi connectivity index (χ4n) is 3.68. The Balaban J connectivity index is 1.72. The van der Waals surface area contributed by atoms with Gasteiger partial charge in [-0.15, -0.1) is 0 Å². The van der Waals surface area contributed by atoms with Crippen LogP contribution < -0.4 is 15.0 Å². The zero-order chi connectivity index (χ0) is 23.5. The number of hydrogen-bond acceptors (Lipinski definition) is 4. The predicted molar refractivity (Wildman–Crippen MR) is 127 cm³/mol. The number of anilines is 2. The summed E-state index contributed by atoms with van der Waals surface area (Å²) >= 11 is 0. The van der Waals surface area contributed by atoms with Gasteiger partial charge in [0.2, 0.25) is 0 Å². The van der Waals surface area contributed by atoms with Crippen LogP contribution in [0.25, 0.3) is 5.57 Å². The largest absolute Gasteiger partial charge is 0.491 e. The number of carbonyl (C=O) groups excluding carboxylic acids is 2. The summed E-state index contributed by atoms with van der Waals surface area (Å²) in [6.07, 6.45) is 0.892. The Morgan fingerprint density at radius 3 is 2.09 bits per heavy atom. The van der Waals surface area contributed by atoms with E-state index in [9.17, 15) is 14.0 Å². The highest BCUT2D eigenvalue weighted by Crippen LogP contribution is 2.34. The lowest BCUT2D eigenvalue weighted by molar-refractivity contribution is -0.120. The molecule has 0 saturated carbocycles. The third-order valence-electron chi connectivity index (χ3n) is 5.32. The first-order chi connectivity index (χ1) is 15.9. The minimum Gasteiger partial charge on any atom is -0.491 e. The van der Waals surface area contributed by atoms with Gasteiger partial charge in [0, 0.05) is 5.69 Å². The predicted octanol–water partition coefficient (Wildman–Crippen LogP) is 5.57. The molecule has 1 N–H and O–H groups in total. The van der Waals surface area contributed by atoms with E-state index in [2.05, 4.69) is 5.32 Å². The van der Waals surface area contributed by atoms with Crippen molar-refractivity contribution in [2.24, 2.45) is 0 Å². The van der Waals surface area contributed by atoms with E-state index in [0.717, 1.165) is 16.9 Å². The lowest BCUT2D eigenvalue weighted by atomic mass is 10.0. The number of halogens is 1. The van der Waals surface area contributed by atoms with Crippen LogP contribution in [0, 0.1) is 5.82 Å². The molecule has 0 unspecified atom stereocenters. The fourth-order valence-corrected chi connectivity index (χ4v) is 3.68. The van der Waals surface area contributed by atoms with Gasteiger partial charge in [-0.1, -0.05) is 31.2 Å². The number of aryl methyl sites for hydroxylation is 1. The van der Waals surface area contributed by atoms with E-state index in [1.165, 1.54) is 24.3 Å². The number of nitrogens with zero attached hydrogens (tertiary/aromatic N) is 1. The first kappa shape index (κ1) is 22.3. The Kier molecular flexibility index (Phi) is 6.27. The third-order valence-corrected chi connectivity index (χ3v) is 5.32. The van der Waals surface area contributed by atoms with Crippen LogP contribution in [0.4, 0.5) is 15.8 Å². The molecule has 6 heteroatoms. The first-order valence-electron chi connectivity index (χ1n) is 10.9. The number of rotatable bonds is 7. The molecule has 0 saturated heterocycles. The van der Waals surface area contributed by atoms with Crippen LogP contribution in [0.1, 0.15) is 31.9 Å². The van der Waals surface area contributed by atoms with Crippen LogP contribution in [0.3, 0.4) is 0 Å². The third kappa shape index (κ3) is 4.65. The number of amides is 2. The van der Waals surface area contributed by atoms with Gasteiger partial charge in [-0.3, -0.25) is 9.59 Å². The summed E-state index contributed by atoms with van der Waals surface area (Å²) in [5.74, 6) is -0.641. The summed E-state index contributed by atoms with van der Waals surface area (Å²) in [5.41, 5.74) is 3.02. The van der Waals surface area contributed by atoms with Crippen molar-refractivity contribution < 1.29 is 18.7 Å². The average Bonchev–Trinajstić information content (AvgIpc) is 3.05. The molecule has 2 amide bonds. The van der Waals surface area contributed by atoms with Crippen LogP contribution in [-0.2, 0) is 16.0 Å². The molecule has 3 aromatic carbocycles. The Bertz CT molecular complexity index is 1200. The van der Waals surface area contributed by atoms with E-state index in [1.807, 2.05) is 32.9 Å². The zero-order valence-corrected chi connectivity index (χ0v) is 18.8. The van der Waals surface area contributed by atoms with Crippen molar-refractivity contribution in [2.75, 3.05) is 10.2 Å². The highest BCUT2D eigenvalue weighted by atomic mass is 19.1. The topological polar surface area (TPSA) is 58.6 Å². The SMILES string of the molecule is CCc1ccc(N2C(=O)C(Nc3ccc(OC(C)C)cc3)=C(c3ccc(F)cc3)C2=O)cc1. The molecule has 4 rings (SSSR count). The van der Waals surface area contributed by atoms with Crippen molar-refractivity contribution in [1.29, 1.82) is 0 Å². The molecule has 0 atom stereocenters. The van der Waals surface area contributed by atoms with Crippen molar-refractivity contribution in [1.82, 2.24) is 0 Å². The van der Waals surface area contributed by atoms with Crippen LogP contribution in [0.5, 0.6) is 5.75 Å². The summed E-state index contributed by atoms with van der Waals surface area (Å²) in [7, 11) is 0. The maximum Gasteiger partial charge on any atom is 0.282 e.